The van der Waals surface area contributed by atoms with Gasteiger partial charge in [0.2, 0.25) is 0 Å². The summed E-state index contributed by atoms with van der Waals surface area (Å²) in [5, 5.41) is 9.36. The molecule has 5 heteroatoms. The van der Waals surface area contributed by atoms with Crippen LogP contribution in [0.1, 0.15) is 43.6 Å². The molecule has 0 radical (unpaired) electrons. The Hall–Kier alpha value is -1.33. The predicted molar refractivity (Wildman–Crippen MR) is 73.9 cm³/mol. The Balaban J connectivity index is 2.46. The molecule has 0 atom stereocenters. The maximum Gasteiger partial charge on any atom is 0.495 e. The van der Waals surface area contributed by atoms with E-state index in [1.807, 2.05) is 33.8 Å². The summed E-state index contributed by atoms with van der Waals surface area (Å²) in [6.07, 6.45) is 0. The molecule has 4 nitrogen and oxygen atoms in total. The quantitative estimate of drug-likeness (QED) is 0.828. The van der Waals surface area contributed by atoms with E-state index in [0.29, 0.717) is 11.0 Å². The first-order valence-electron chi connectivity index (χ1n) is 6.34. The van der Waals surface area contributed by atoms with Crippen molar-refractivity contribution in [2.24, 2.45) is 0 Å². The van der Waals surface area contributed by atoms with E-state index >= 15 is 0 Å². The van der Waals surface area contributed by atoms with Gasteiger partial charge in [0.15, 0.2) is 0 Å². The number of carbonyl (C=O) groups is 1. The molecule has 0 bridgehead atoms. The van der Waals surface area contributed by atoms with Crippen molar-refractivity contribution in [2.45, 2.75) is 45.8 Å². The Kier molecular flexibility index (Phi) is 3.23. The van der Waals surface area contributed by atoms with Gasteiger partial charge in [0.1, 0.15) is 0 Å². The summed E-state index contributed by atoms with van der Waals surface area (Å²) in [5.74, 6) is -0.956. The molecule has 1 saturated heterocycles. The first kappa shape index (κ1) is 14.1. The number of aryl methyl sites for hydroxylation is 1. The van der Waals surface area contributed by atoms with Gasteiger partial charge in [-0.25, -0.2) is 4.79 Å². The van der Waals surface area contributed by atoms with Gasteiger partial charge < -0.3 is 14.4 Å². The van der Waals surface area contributed by atoms with E-state index in [1.165, 1.54) is 0 Å². The van der Waals surface area contributed by atoms with Gasteiger partial charge >= 0.3 is 13.1 Å². The van der Waals surface area contributed by atoms with Gasteiger partial charge in [-0.3, -0.25) is 0 Å². The molecular weight excluding hydrogens is 243 g/mol. The Bertz CT molecular complexity index is 506. The molecule has 0 amide bonds. The van der Waals surface area contributed by atoms with Gasteiger partial charge in [-0.15, -0.1) is 0 Å². The first-order chi connectivity index (χ1) is 8.66. The maximum atomic E-state index is 11.4. The zero-order valence-corrected chi connectivity index (χ0v) is 12.0. The van der Waals surface area contributed by atoms with Crippen molar-refractivity contribution in [2.75, 3.05) is 0 Å². The molecule has 1 heterocycles. The summed E-state index contributed by atoms with van der Waals surface area (Å²) in [4.78, 5) is 11.4. The fourth-order valence-electron chi connectivity index (χ4n) is 2.15. The van der Waals surface area contributed by atoms with E-state index in [-0.39, 0.29) is 5.56 Å². The van der Waals surface area contributed by atoms with Gasteiger partial charge in [0.05, 0.1) is 16.8 Å². The van der Waals surface area contributed by atoms with E-state index < -0.39 is 24.3 Å². The number of carboxylic acid groups (broad SMARTS) is 1. The lowest BCUT2D eigenvalue weighted by molar-refractivity contribution is 0.00578. The standard InChI is InChI=1S/C14H19BO4/c1-9-7-6-8-10(11(9)12(16)17)15-18-13(2,3)14(4,5)19-15/h6-8H,1-5H3,(H,16,17). The zero-order chi connectivity index (χ0) is 14.4. The minimum Gasteiger partial charge on any atom is -0.478 e. The highest BCUT2D eigenvalue weighted by Gasteiger charge is 2.52. The van der Waals surface area contributed by atoms with Crippen LogP contribution < -0.4 is 5.46 Å². The lowest BCUT2D eigenvalue weighted by atomic mass is 9.75. The molecule has 1 aliphatic rings. The summed E-state index contributed by atoms with van der Waals surface area (Å²) in [5.41, 5.74) is 0.598. The van der Waals surface area contributed by atoms with Crippen molar-refractivity contribution in [1.82, 2.24) is 0 Å². The lowest BCUT2D eigenvalue weighted by Gasteiger charge is -2.32. The van der Waals surface area contributed by atoms with Crippen LogP contribution in [0.3, 0.4) is 0 Å². The Morgan fingerprint density at radius 3 is 2.16 bits per heavy atom. The fourth-order valence-corrected chi connectivity index (χ4v) is 2.15. The molecule has 1 aromatic carbocycles. The van der Waals surface area contributed by atoms with Crippen molar-refractivity contribution in [3.63, 3.8) is 0 Å². The van der Waals surface area contributed by atoms with E-state index in [0.717, 1.165) is 0 Å². The van der Waals surface area contributed by atoms with Crippen LogP contribution in [0.5, 0.6) is 0 Å². The second-order valence-electron chi connectivity index (χ2n) is 5.93. The molecule has 0 aliphatic carbocycles. The van der Waals surface area contributed by atoms with Crippen molar-refractivity contribution in [3.05, 3.63) is 29.3 Å². The number of benzene rings is 1. The summed E-state index contributed by atoms with van der Waals surface area (Å²) >= 11 is 0. The molecule has 0 aromatic heterocycles. The molecule has 1 aliphatic heterocycles. The zero-order valence-electron chi connectivity index (χ0n) is 12.0. The monoisotopic (exact) mass is 262 g/mol. The third-order valence-corrected chi connectivity index (χ3v) is 4.03. The van der Waals surface area contributed by atoms with Gasteiger partial charge in [-0.05, 0) is 45.6 Å². The van der Waals surface area contributed by atoms with Crippen LogP contribution in [-0.2, 0) is 9.31 Å². The molecule has 0 spiro atoms. The largest absolute Gasteiger partial charge is 0.495 e. The lowest BCUT2D eigenvalue weighted by Crippen LogP contribution is -2.41. The topological polar surface area (TPSA) is 55.8 Å². The third kappa shape index (κ3) is 2.28. The minimum absolute atomic E-state index is 0.265. The van der Waals surface area contributed by atoms with Crippen LogP contribution in [-0.4, -0.2) is 29.4 Å². The summed E-state index contributed by atoms with van der Waals surface area (Å²) in [6.45, 7) is 9.57. The van der Waals surface area contributed by atoms with Crippen LogP contribution in [0.4, 0.5) is 0 Å². The Labute approximate surface area is 113 Å². The molecule has 19 heavy (non-hydrogen) atoms. The molecule has 1 N–H and O–H groups in total. The van der Waals surface area contributed by atoms with Crippen LogP contribution in [0.25, 0.3) is 0 Å². The second-order valence-corrected chi connectivity index (χ2v) is 5.93. The maximum absolute atomic E-state index is 11.4. The number of aromatic carboxylic acids is 1. The van der Waals surface area contributed by atoms with Gasteiger partial charge in [-0.1, -0.05) is 18.2 Å². The smallest absolute Gasteiger partial charge is 0.478 e. The van der Waals surface area contributed by atoms with Crippen LogP contribution in [0, 0.1) is 6.92 Å². The molecule has 0 unspecified atom stereocenters. The molecule has 1 aromatic rings. The molecular formula is C14H19BO4. The summed E-state index contributed by atoms with van der Waals surface area (Å²) in [6, 6.07) is 5.35. The second kappa shape index (κ2) is 4.35. The average molecular weight is 262 g/mol. The van der Waals surface area contributed by atoms with E-state index in [9.17, 15) is 9.90 Å². The minimum atomic E-state index is -0.956. The first-order valence-corrected chi connectivity index (χ1v) is 6.34. The molecule has 1 fully saturated rings. The molecule has 0 saturated carbocycles. The number of hydrogen-bond donors (Lipinski definition) is 1. The van der Waals surface area contributed by atoms with E-state index in [2.05, 4.69) is 0 Å². The van der Waals surface area contributed by atoms with Crippen molar-refractivity contribution in [1.29, 1.82) is 0 Å². The fraction of sp³-hybridized carbons (Fsp3) is 0.500. The molecule has 102 valence electrons. The van der Waals surface area contributed by atoms with Crippen molar-refractivity contribution >= 4 is 18.6 Å². The van der Waals surface area contributed by atoms with E-state index in [1.54, 1.807) is 19.1 Å². The van der Waals surface area contributed by atoms with Gasteiger partial charge in [0.25, 0.3) is 0 Å². The Morgan fingerprint density at radius 1 is 1.16 bits per heavy atom. The molecule has 2 rings (SSSR count). The van der Waals surface area contributed by atoms with Crippen LogP contribution in [0.15, 0.2) is 18.2 Å². The highest BCUT2D eigenvalue weighted by atomic mass is 16.7. The Morgan fingerprint density at radius 2 is 1.68 bits per heavy atom. The number of carboxylic acids is 1. The normalized spacial score (nSPS) is 20.6. The number of hydrogen-bond acceptors (Lipinski definition) is 3. The van der Waals surface area contributed by atoms with Crippen LogP contribution >= 0.6 is 0 Å². The van der Waals surface area contributed by atoms with Crippen LogP contribution in [0.2, 0.25) is 0 Å². The predicted octanol–water partition coefficient (Wildman–Crippen LogP) is 1.99. The van der Waals surface area contributed by atoms with Gasteiger partial charge in [-0.2, -0.15) is 0 Å². The van der Waals surface area contributed by atoms with Crippen molar-refractivity contribution < 1.29 is 19.2 Å². The summed E-state index contributed by atoms with van der Waals surface area (Å²) in [7, 11) is -0.643. The summed E-state index contributed by atoms with van der Waals surface area (Å²) < 4.78 is 11.8. The third-order valence-electron chi connectivity index (χ3n) is 4.03. The van der Waals surface area contributed by atoms with E-state index in [4.69, 9.17) is 9.31 Å². The number of rotatable bonds is 2. The SMILES string of the molecule is Cc1cccc(B2OC(C)(C)C(C)(C)O2)c1C(=O)O. The van der Waals surface area contributed by atoms with Gasteiger partial charge in [0, 0.05) is 0 Å². The average Bonchev–Trinajstić information content (AvgIpc) is 2.47. The highest BCUT2D eigenvalue weighted by molar-refractivity contribution is 6.63. The van der Waals surface area contributed by atoms with Crippen molar-refractivity contribution in [3.8, 4) is 0 Å². The highest BCUT2D eigenvalue weighted by Crippen LogP contribution is 2.36.